The molecule has 0 unspecified atom stereocenters. The normalized spacial score (nSPS) is 21.4. The minimum Gasteiger partial charge on any atom is -0.423 e. The van der Waals surface area contributed by atoms with Crippen LogP contribution < -0.4 is 4.74 Å². The second kappa shape index (κ2) is 11.3. The van der Waals surface area contributed by atoms with Gasteiger partial charge in [-0.3, -0.25) is 29.3 Å². The van der Waals surface area contributed by atoms with Crippen LogP contribution in [0.4, 0.5) is 5.69 Å². The number of carbonyl (C=O) groups excluding carboxylic acids is 5. The number of fused-ring (bicyclic) bond motifs is 5. The molecule has 1 saturated heterocycles. The average molecular weight is 634 g/mol. The van der Waals surface area contributed by atoms with Crippen molar-refractivity contribution < 1.29 is 33.6 Å². The van der Waals surface area contributed by atoms with E-state index in [0.717, 1.165) is 10.0 Å². The molecule has 222 valence electrons. The van der Waals surface area contributed by atoms with Crippen LogP contribution in [0.25, 0.3) is 0 Å². The van der Waals surface area contributed by atoms with E-state index >= 15 is 0 Å². The third kappa shape index (κ3) is 5.14. The van der Waals surface area contributed by atoms with Gasteiger partial charge in [0, 0.05) is 22.7 Å². The first kappa shape index (κ1) is 29.2. The van der Waals surface area contributed by atoms with Crippen LogP contribution in [0, 0.1) is 33.8 Å². The van der Waals surface area contributed by atoms with Crippen molar-refractivity contribution in [1.29, 1.82) is 0 Å². The van der Waals surface area contributed by atoms with Crippen molar-refractivity contribution in [2.45, 2.75) is 6.42 Å². The number of hydrogen-bond donors (Lipinski definition) is 0. The monoisotopic (exact) mass is 633 g/mol. The maximum absolute atomic E-state index is 13.8. The molecule has 3 aromatic rings. The van der Waals surface area contributed by atoms with E-state index in [9.17, 15) is 34.1 Å². The highest BCUT2D eigenvalue weighted by atomic mass is 35.5. The number of halogens is 2. The van der Waals surface area contributed by atoms with E-state index in [-0.39, 0.29) is 50.0 Å². The first-order valence-electron chi connectivity index (χ1n) is 13.5. The zero-order valence-electron chi connectivity index (χ0n) is 22.6. The van der Waals surface area contributed by atoms with Gasteiger partial charge in [-0.25, -0.2) is 9.80 Å². The quantitative estimate of drug-likeness (QED) is 0.0628. The van der Waals surface area contributed by atoms with E-state index in [0.29, 0.717) is 6.42 Å². The molecule has 6 rings (SSSR count). The Labute approximate surface area is 259 Å². The van der Waals surface area contributed by atoms with Crippen LogP contribution in [-0.4, -0.2) is 51.0 Å². The number of imide groups is 1. The Balaban J connectivity index is 1.23. The van der Waals surface area contributed by atoms with Gasteiger partial charge in [0.05, 0.1) is 32.9 Å². The highest BCUT2D eigenvalue weighted by molar-refractivity contribution is 6.36. The van der Waals surface area contributed by atoms with Crippen LogP contribution in [0.1, 0.15) is 37.5 Å². The Morgan fingerprint density at radius 3 is 2.05 bits per heavy atom. The molecular formula is C31H21Cl2N3O8. The smallest absolute Gasteiger partial charge is 0.343 e. The van der Waals surface area contributed by atoms with E-state index < -0.39 is 52.8 Å². The van der Waals surface area contributed by atoms with Gasteiger partial charge in [-0.05, 0) is 72.9 Å². The van der Waals surface area contributed by atoms with Crippen LogP contribution in [-0.2, 0) is 9.59 Å². The fourth-order valence-electron chi connectivity index (χ4n) is 5.98. The molecule has 4 atom stereocenters. The summed E-state index contributed by atoms with van der Waals surface area (Å²) in [5.74, 6) is -4.62. The minimum atomic E-state index is -0.823. The van der Waals surface area contributed by atoms with Gasteiger partial charge >= 0.3 is 5.97 Å². The van der Waals surface area contributed by atoms with E-state index in [1.54, 1.807) is 0 Å². The van der Waals surface area contributed by atoms with Gasteiger partial charge in [-0.1, -0.05) is 35.4 Å². The number of ketones is 1. The van der Waals surface area contributed by atoms with Crippen LogP contribution in [0.15, 0.2) is 78.9 Å². The number of benzene rings is 3. The summed E-state index contributed by atoms with van der Waals surface area (Å²) in [6.07, 6.45) is 4.53. The molecule has 2 aliphatic carbocycles. The molecule has 3 amide bonds. The molecule has 0 aromatic heterocycles. The summed E-state index contributed by atoms with van der Waals surface area (Å²) >= 11 is 12.3. The third-order valence-corrected chi connectivity index (χ3v) is 8.63. The predicted molar refractivity (Wildman–Crippen MR) is 156 cm³/mol. The Bertz CT molecular complexity index is 1740. The van der Waals surface area contributed by atoms with E-state index in [1.165, 1.54) is 66.7 Å². The van der Waals surface area contributed by atoms with E-state index in [1.807, 2.05) is 12.2 Å². The van der Waals surface area contributed by atoms with Gasteiger partial charge < -0.3 is 4.74 Å². The zero-order valence-corrected chi connectivity index (χ0v) is 24.1. The van der Waals surface area contributed by atoms with Crippen LogP contribution in [0.3, 0.4) is 0 Å². The molecule has 11 nitrogen and oxygen atoms in total. The minimum absolute atomic E-state index is 0.0137. The summed E-state index contributed by atoms with van der Waals surface area (Å²) in [6.45, 7) is -0.653. The lowest BCUT2D eigenvalue weighted by Gasteiger charge is -2.31. The number of non-ortho nitro benzene ring substituents is 1. The zero-order chi connectivity index (χ0) is 31.3. The Hall–Kier alpha value is -4.87. The van der Waals surface area contributed by atoms with E-state index in [4.69, 9.17) is 27.9 Å². The molecule has 44 heavy (non-hydrogen) atoms. The maximum atomic E-state index is 13.8. The van der Waals surface area contributed by atoms with Gasteiger partial charge in [-0.2, -0.15) is 5.01 Å². The SMILES string of the molecule is O=C(CN(C(=O)c1ccc(Cl)cc1Cl)N1C(=O)[C@H]2[C@H](C1=O)[C@H]1C=C[C@H]2C1)c1ccc(OC(=O)c2ccc([N+](=O)[O-])cc2)cc1. The van der Waals surface area contributed by atoms with Crippen molar-refractivity contribution in [2.24, 2.45) is 23.7 Å². The molecule has 1 aliphatic heterocycles. The summed E-state index contributed by atoms with van der Waals surface area (Å²) in [6, 6.07) is 14.5. The fourth-order valence-corrected chi connectivity index (χ4v) is 6.47. The lowest BCUT2D eigenvalue weighted by atomic mass is 9.85. The predicted octanol–water partition coefficient (Wildman–Crippen LogP) is 5.17. The van der Waals surface area contributed by atoms with Crippen molar-refractivity contribution in [3.05, 3.63) is 116 Å². The molecule has 0 N–H and O–H groups in total. The molecule has 1 saturated carbocycles. The molecule has 2 fully saturated rings. The first-order valence-corrected chi connectivity index (χ1v) is 14.2. The summed E-state index contributed by atoms with van der Waals surface area (Å²) < 4.78 is 5.30. The number of hydrazine groups is 1. The van der Waals surface area contributed by atoms with Crippen molar-refractivity contribution in [3.8, 4) is 5.75 Å². The number of amides is 3. The summed E-state index contributed by atoms with van der Waals surface area (Å²) in [5, 5.41) is 12.7. The fraction of sp³-hybridized carbons (Fsp3) is 0.194. The number of esters is 1. The number of nitro benzene ring substituents is 1. The third-order valence-electron chi connectivity index (χ3n) is 8.08. The van der Waals surface area contributed by atoms with Crippen LogP contribution in [0.5, 0.6) is 5.75 Å². The average Bonchev–Trinajstić information content (AvgIpc) is 3.69. The highest BCUT2D eigenvalue weighted by Crippen LogP contribution is 2.52. The van der Waals surface area contributed by atoms with E-state index in [2.05, 4.69) is 0 Å². The largest absolute Gasteiger partial charge is 0.423 e. The van der Waals surface area contributed by atoms with Crippen molar-refractivity contribution in [1.82, 2.24) is 10.0 Å². The van der Waals surface area contributed by atoms with Gasteiger partial charge in [0.1, 0.15) is 12.3 Å². The van der Waals surface area contributed by atoms with Gasteiger partial charge in [0.2, 0.25) is 0 Å². The first-order chi connectivity index (χ1) is 21.0. The number of allylic oxidation sites excluding steroid dienone is 2. The van der Waals surface area contributed by atoms with Gasteiger partial charge in [0.15, 0.2) is 5.78 Å². The molecule has 13 heteroatoms. The maximum Gasteiger partial charge on any atom is 0.343 e. The molecule has 1 heterocycles. The standard InChI is InChI=1S/C31H21Cl2N3O8/c32-20-7-12-23(24(33)14-20)28(38)34(35-29(39)26-18-1-2-19(13-18)27(26)30(35)40)15-25(37)16-5-10-22(11-6-16)44-31(41)17-3-8-21(9-4-17)36(42)43/h1-12,14,18-19,26-27H,13,15H2/t18-,19-,26+,27+/m0/s1. The van der Waals surface area contributed by atoms with Crippen molar-refractivity contribution in [3.63, 3.8) is 0 Å². The van der Waals surface area contributed by atoms with Crippen LogP contribution >= 0.6 is 23.2 Å². The number of nitrogens with zero attached hydrogens (tertiary/aromatic N) is 3. The van der Waals surface area contributed by atoms with Crippen molar-refractivity contribution in [2.75, 3.05) is 6.54 Å². The number of hydrogen-bond acceptors (Lipinski definition) is 8. The Morgan fingerprint density at radius 1 is 0.886 bits per heavy atom. The van der Waals surface area contributed by atoms with Crippen LogP contribution in [0.2, 0.25) is 10.0 Å². The summed E-state index contributed by atoms with van der Waals surface area (Å²) in [7, 11) is 0. The molecule has 0 radical (unpaired) electrons. The number of nitro groups is 1. The number of Topliss-reactive ketones (excluding diaryl/α,β-unsaturated/α-hetero) is 1. The van der Waals surface area contributed by atoms with Crippen molar-refractivity contribution >= 4 is 58.4 Å². The molecule has 0 spiro atoms. The number of carbonyl (C=O) groups is 5. The molecule has 3 aliphatic rings. The number of ether oxygens (including phenoxy) is 1. The Morgan fingerprint density at radius 2 is 1.48 bits per heavy atom. The molecular weight excluding hydrogens is 613 g/mol. The summed E-state index contributed by atoms with van der Waals surface area (Å²) in [5.41, 5.74) is -0.0313. The Kier molecular flexibility index (Phi) is 7.52. The highest BCUT2D eigenvalue weighted by Gasteiger charge is 2.61. The lowest BCUT2D eigenvalue weighted by molar-refractivity contribution is -0.384. The molecule has 3 aromatic carbocycles. The second-order valence-corrected chi connectivity index (χ2v) is 11.5. The lowest BCUT2D eigenvalue weighted by Crippen LogP contribution is -2.52. The number of rotatable bonds is 8. The topological polar surface area (TPSA) is 144 Å². The molecule has 2 bridgehead atoms. The van der Waals surface area contributed by atoms with Gasteiger partial charge in [0.25, 0.3) is 23.4 Å². The summed E-state index contributed by atoms with van der Waals surface area (Å²) in [4.78, 5) is 77.1. The van der Waals surface area contributed by atoms with Gasteiger partial charge in [-0.15, -0.1) is 0 Å². The second-order valence-electron chi connectivity index (χ2n) is 10.6.